The van der Waals surface area contributed by atoms with Gasteiger partial charge in [-0.15, -0.1) is 0 Å². The van der Waals surface area contributed by atoms with Crippen molar-refractivity contribution in [3.05, 3.63) is 102 Å². The summed E-state index contributed by atoms with van der Waals surface area (Å²) < 4.78 is 13.2. The van der Waals surface area contributed by atoms with Gasteiger partial charge in [0.2, 0.25) is 5.60 Å². The molecule has 4 unspecified atom stereocenters. The first-order valence-electron chi connectivity index (χ1n) is 13.7. The Kier molecular flexibility index (Phi) is 6.37. The molecule has 1 N–H and O–H groups in total. The number of benzene rings is 3. The molecule has 2 bridgehead atoms. The van der Waals surface area contributed by atoms with Gasteiger partial charge in [0.25, 0.3) is 0 Å². The third-order valence-electron chi connectivity index (χ3n) is 8.99. The molecule has 0 saturated heterocycles. The topological polar surface area (TPSA) is 55.8 Å². The van der Waals surface area contributed by atoms with Crippen molar-refractivity contribution in [3.63, 3.8) is 0 Å². The molecule has 3 aliphatic rings. The first-order chi connectivity index (χ1) is 18.4. The standard InChI is InChI=1S/C33H36NO4/c1-34(2,21-11-10-14-23-12-4-3-5-13-23)28-22-24-19-20-25(28)31(24)38-32(35)33(36)26-15-6-8-17-29(26)37-30-18-9-7-16-27(30)33/h3-10,12-18,24-25,28,31,36H,11,19-22H2,1-2H3/q+1. The molecule has 3 aromatic rings. The molecule has 2 fully saturated rings. The van der Waals surface area contributed by atoms with Gasteiger partial charge in [-0.05, 0) is 30.5 Å². The number of hydrogen-bond acceptors (Lipinski definition) is 4. The molecule has 0 spiro atoms. The number of esters is 1. The van der Waals surface area contributed by atoms with Crippen molar-refractivity contribution >= 4 is 12.0 Å². The van der Waals surface area contributed by atoms with Crippen LogP contribution in [-0.4, -0.2) is 48.3 Å². The Balaban J connectivity index is 1.18. The van der Waals surface area contributed by atoms with Crippen molar-refractivity contribution in [2.75, 3.05) is 20.6 Å². The quantitative estimate of drug-likeness (QED) is 0.317. The largest absolute Gasteiger partial charge is 0.459 e. The molecule has 5 heteroatoms. The van der Waals surface area contributed by atoms with E-state index in [2.05, 4.69) is 50.5 Å². The van der Waals surface area contributed by atoms with E-state index in [1.54, 1.807) is 24.3 Å². The number of carbonyl (C=O) groups is 1. The van der Waals surface area contributed by atoms with Gasteiger partial charge in [-0.2, -0.15) is 0 Å². The Morgan fingerprint density at radius 2 is 1.61 bits per heavy atom. The summed E-state index contributed by atoms with van der Waals surface area (Å²) in [5.41, 5.74) is 0.202. The van der Waals surface area contributed by atoms with E-state index in [0.717, 1.165) is 36.7 Å². The molecule has 0 amide bonds. The van der Waals surface area contributed by atoms with Crippen LogP contribution in [0.4, 0.5) is 0 Å². The Morgan fingerprint density at radius 1 is 0.974 bits per heavy atom. The maximum Gasteiger partial charge on any atom is 0.348 e. The molecule has 38 heavy (non-hydrogen) atoms. The molecule has 3 aromatic carbocycles. The summed E-state index contributed by atoms with van der Waals surface area (Å²) in [6.07, 6.45) is 8.45. The number of rotatable bonds is 7. The number of quaternary nitrogens is 1. The summed E-state index contributed by atoms with van der Waals surface area (Å²) in [6.45, 7) is 1.03. The van der Waals surface area contributed by atoms with Crippen molar-refractivity contribution in [1.82, 2.24) is 0 Å². The molecular weight excluding hydrogens is 474 g/mol. The van der Waals surface area contributed by atoms with Crippen LogP contribution in [0.1, 0.15) is 42.4 Å². The zero-order chi connectivity index (χ0) is 26.3. The third kappa shape index (κ3) is 4.24. The monoisotopic (exact) mass is 510 g/mol. The van der Waals surface area contributed by atoms with Gasteiger partial charge in [0.15, 0.2) is 0 Å². The lowest BCUT2D eigenvalue weighted by Gasteiger charge is -2.40. The molecule has 0 radical (unpaired) electrons. The maximum absolute atomic E-state index is 13.9. The lowest BCUT2D eigenvalue weighted by molar-refractivity contribution is -0.918. The Hall–Kier alpha value is -3.41. The minimum atomic E-state index is -1.89. The van der Waals surface area contributed by atoms with Crippen molar-refractivity contribution in [1.29, 1.82) is 0 Å². The highest BCUT2D eigenvalue weighted by Gasteiger charge is 2.58. The van der Waals surface area contributed by atoms with E-state index < -0.39 is 11.6 Å². The van der Waals surface area contributed by atoms with Crippen LogP contribution in [-0.2, 0) is 15.1 Å². The number of para-hydroxylation sites is 2. The second-order valence-corrected chi connectivity index (χ2v) is 11.6. The van der Waals surface area contributed by atoms with Crippen LogP contribution in [0.3, 0.4) is 0 Å². The summed E-state index contributed by atoms with van der Waals surface area (Å²) in [7, 11) is 4.61. The molecule has 196 valence electrons. The van der Waals surface area contributed by atoms with Crippen molar-refractivity contribution in [2.24, 2.45) is 11.8 Å². The number of nitrogens with zero attached hydrogens (tertiary/aromatic N) is 1. The second kappa shape index (κ2) is 9.72. The van der Waals surface area contributed by atoms with Crippen LogP contribution < -0.4 is 4.74 Å². The second-order valence-electron chi connectivity index (χ2n) is 11.6. The van der Waals surface area contributed by atoms with Crippen molar-refractivity contribution in [3.8, 4) is 11.5 Å². The predicted octanol–water partition coefficient (Wildman–Crippen LogP) is 5.92. The highest BCUT2D eigenvalue weighted by molar-refractivity contribution is 5.88. The van der Waals surface area contributed by atoms with Gasteiger partial charge in [0.05, 0.1) is 26.7 Å². The van der Waals surface area contributed by atoms with E-state index in [4.69, 9.17) is 9.47 Å². The van der Waals surface area contributed by atoms with Gasteiger partial charge in [0, 0.05) is 35.8 Å². The normalized spacial score (nSPS) is 25.0. The predicted molar refractivity (Wildman–Crippen MR) is 148 cm³/mol. The van der Waals surface area contributed by atoms with Crippen LogP contribution in [0.2, 0.25) is 0 Å². The van der Waals surface area contributed by atoms with Gasteiger partial charge < -0.3 is 19.1 Å². The Morgan fingerprint density at radius 3 is 2.29 bits per heavy atom. The summed E-state index contributed by atoms with van der Waals surface area (Å²) in [5.74, 6) is 1.00. The van der Waals surface area contributed by atoms with Gasteiger partial charge in [0.1, 0.15) is 17.6 Å². The van der Waals surface area contributed by atoms with E-state index in [-0.39, 0.29) is 6.10 Å². The number of aliphatic hydroxyl groups is 1. The average molecular weight is 511 g/mol. The van der Waals surface area contributed by atoms with E-state index in [1.807, 2.05) is 30.3 Å². The lowest BCUT2D eigenvalue weighted by atomic mass is 9.83. The maximum atomic E-state index is 13.9. The van der Waals surface area contributed by atoms with Crippen LogP contribution in [0, 0.1) is 11.8 Å². The Bertz CT molecular complexity index is 1300. The highest BCUT2D eigenvalue weighted by Crippen LogP contribution is 2.52. The molecule has 2 saturated carbocycles. The van der Waals surface area contributed by atoms with Gasteiger partial charge in [-0.3, -0.25) is 0 Å². The molecule has 1 aliphatic heterocycles. The van der Waals surface area contributed by atoms with Crippen LogP contribution in [0.5, 0.6) is 11.5 Å². The van der Waals surface area contributed by atoms with Crippen molar-refractivity contribution < 1.29 is 23.9 Å². The average Bonchev–Trinajstić information content (AvgIpc) is 3.49. The van der Waals surface area contributed by atoms with Gasteiger partial charge in [-0.25, -0.2) is 4.79 Å². The lowest BCUT2D eigenvalue weighted by Crippen LogP contribution is -2.52. The number of carbonyl (C=O) groups excluding carboxylic acids is 1. The Labute approximate surface area is 224 Å². The summed E-state index contributed by atoms with van der Waals surface area (Å²) in [6, 6.07) is 25.2. The molecule has 1 heterocycles. The minimum Gasteiger partial charge on any atom is -0.459 e. The number of fused-ring (bicyclic) bond motifs is 4. The van der Waals surface area contributed by atoms with Gasteiger partial charge in [-0.1, -0.05) is 78.9 Å². The fourth-order valence-corrected chi connectivity index (χ4v) is 6.98. The fraction of sp³-hybridized carbons (Fsp3) is 0.364. The zero-order valence-corrected chi connectivity index (χ0v) is 22.1. The summed E-state index contributed by atoms with van der Waals surface area (Å²) in [5, 5.41) is 12.0. The molecule has 6 rings (SSSR count). The first kappa shape index (κ1) is 24.9. The number of hydrogen-bond donors (Lipinski definition) is 1. The molecule has 5 nitrogen and oxygen atoms in total. The zero-order valence-electron chi connectivity index (χ0n) is 22.1. The molecular formula is C33H36NO4+. The minimum absolute atomic E-state index is 0.170. The van der Waals surface area contributed by atoms with E-state index in [0.29, 0.717) is 40.5 Å². The van der Waals surface area contributed by atoms with Crippen molar-refractivity contribution in [2.45, 2.75) is 43.4 Å². The summed E-state index contributed by atoms with van der Waals surface area (Å²) >= 11 is 0. The first-order valence-corrected chi connectivity index (χ1v) is 13.7. The SMILES string of the molecule is C[N+](C)(CCC=Cc1ccccc1)C1CC2CCC1C2OC(=O)C1(O)c2ccccc2Oc2ccccc21. The molecule has 2 aliphatic carbocycles. The molecule has 4 atom stereocenters. The number of ether oxygens (including phenoxy) is 2. The third-order valence-corrected chi connectivity index (χ3v) is 8.99. The fourth-order valence-electron chi connectivity index (χ4n) is 6.98. The van der Waals surface area contributed by atoms with E-state index in [1.165, 1.54) is 5.56 Å². The van der Waals surface area contributed by atoms with E-state index in [9.17, 15) is 9.90 Å². The van der Waals surface area contributed by atoms with Crippen LogP contribution >= 0.6 is 0 Å². The highest BCUT2D eigenvalue weighted by atomic mass is 16.6. The van der Waals surface area contributed by atoms with Crippen LogP contribution in [0.15, 0.2) is 84.9 Å². The summed E-state index contributed by atoms with van der Waals surface area (Å²) in [4.78, 5) is 13.9. The van der Waals surface area contributed by atoms with Crippen LogP contribution in [0.25, 0.3) is 6.08 Å². The van der Waals surface area contributed by atoms with E-state index >= 15 is 0 Å². The van der Waals surface area contributed by atoms with Gasteiger partial charge >= 0.3 is 5.97 Å². The smallest absolute Gasteiger partial charge is 0.348 e. The molecule has 0 aromatic heterocycles.